The van der Waals surface area contributed by atoms with Crippen LogP contribution in [-0.2, 0) is 24.9 Å². The molecule has 20 heavy (non-hydrogen) atoms. The first kappa shape index (κ1) is 14.3. The van der Waals surface area contributed by atoms with Gasteiger partial charge in [-0.2, -0.15) is 5.10 Å². The summed E-state index contributed by atoms with van der Waals surface area (Å²) >= 11 is 0. The molecule has 0 aliphatic rings. The van der Waals surface area contributed by atoms with Crippen LogP contribution in [0.25, 0.3) is 0 Å². The number of aromatic nitrogens is 4. The highest BCUT2D eigenvalue weighted by atomic mass is 16.5. The Labute approximate surface area is 118 Å². The van der Waals surface area contributed by atoms with Gasteiger partial charge in [0.05, 0.1) is 5.69 Å². The molecular weight excluding hydrogens is 256 g/mol. The molecule has 0 unspecified atom stereocenters. The maximum atomic E-state index is 5.07. The van der Waals surface area contributed by atoms with E-state index in [-0.39, 0.29) is 0 Å². The summed E-state index contributed by atoms with van der Waals surface area (Å²) in [6.07, 6.45) is 2.00. The van der Waals surface area contributed by atoms with Gasteiger partial charge < -0.3 is 15.4 Å². The fourth-order valence-corrected chi connectivity index (χ4v) is 1.92. The second-order valence-electron chi connectivity index (χ2n) is 4.50. The van der Waals surface area contributed by atoms with Gasteiger partial charge in [0.1, 0.15) is 18.2 Å². The Bertz CT molecular complexity index is 580. The summed E-state index contributed by atoms with van der Waals surface area (Å²) < 4.78 is 6.88. The van der Waals surface area contributed by atoms with Crippen molar-refractivity contribution >= 4 is 11.6 Å². The van der Waals surface area contributed by atoms with Crippen molar-refractivity contribution in [2.24, 2.45) is 7.05 Å². The average Bonchev–Trinajstić information content (AvgIpc) is 2.75. The van der Waals surface area contributed by atoms with Crippen LogP contribution in [0.5, 0.6) is 0 Å². The maximum Gasteiger partial charge on any atom is 0.158 e. The molecule has 0 spiro atoms. The molecule has 0 saturated heterocycles. The molecule has 0 aromatic carbocycles. The molecule has 2 N–H and O–H groups in total. The van der Waals surface area contributed by atoms with E-state index in [2.05, 4.69) is 25.7 Å². The van der Waals surface area contributed by atoms with Gasteiger partial charge in [0.25, 0.3) is 0 Å². The Hall–Kier alpha value is -2.15. The molecule has 2 aromatic rings. The summed E-state index contributed by atoms with van der Waals surface area (Å²) in [7, 11) is 5.37. The summed E-state index contributed by atoms with van der Waals surface area (Å²) in [5.41, 5.74) is 2.16. The van der Waals surface area contributed by atoms with Crippen LogP contribution >= 0.6 is 0 Å². The zero-order chi connectivity index (χ0) is 14.5. The van der Waals surface area contributed by atoms with Gasteiger partial charge in [-0.1, -0.05) is 0 Å². The molecule has 108 valence electrons. The van der Waals surface area contributed by atoms with Crippen LogP contribution in [0.3, 0.4) is 0 Å². The summed E-state index contributed by atoms with van der Waals surface area (Å²) in [5.74, 6) is 2.17. The van der Waals surface area contributed by atoms with Gasteiger partial charge in [-0.25, -0.2) is 9.97 Å². The second kappa shape index (κ2) is 6.33. The normalized spacial score (nSPS) is 10.6. The zero-order valence-corrected chi connectivity index (χ0v) is 12.3. The van der Waals surface area contributed by atoms with Crippen molar-refractivity contribution < 1.29 is 4.74 Å². The van der Waals surface area contributed by atoms with Crippen LogP contribution in [0.2, 0.25) is 0 Å². The third-order valence-corrected chi connectivity index (χ3v) is 2.88. The van der Waals surface area contributed by atoms with E-state index in [0.717, 1.165) is 22.9 Å². The number of methoxy groups -OCH3 is 1. The van der Waals surface area contributed by atoms with Crippen LogP contribution in [0.4, 0.5) is 11.6 Å². The number of nitrogens with zero attached hydrogens (tertiary/aromatic N) is 4. The minimum Gasteiger partial charge on any atom is -0.377 e. The maximum absolute atomic E-state index is 5.07. The summed E-state index contributed by atoms with van der Waals surface area (Å²) in [6.45, 7) is 3.05. The first-order valence-corrected chi connectivity index (χ1v) is 6.40. The number of anilines is 2. The van der Waals surface area contributed by atoms with Crippen LogP contribution in [0, 0.1) is 6.92 Å². The Morgan fingerprint density at radius 1 is 1.30 bits per heavy atom. The van der Waals surface area contributed by atoms with E-state index in [9.17, 15) is 0 Å². The molecule has 7 nitrogen and oxygen atoms in total. The van der Waals surface area contributed by atoms with E-state index in [1.165, 1.54) is 0 Å². The van der Waals surface area contributed by atoms with E-state index < -0.39 is 0 Å². The third-order valence-electron chi connectivity index (χ3n) is 2.88. The summed E-state index contributed by atoms with van der Waals surface area (Å²) in [5, 5.41) is 10.6. The molecular formula is C13H20N6O. The average molecular weight is 276 g/mol. The fraction of sp³-hybridized carbons (Fsp3) is 0.462. The molecule has 0 saturated carbocycles. The van der Waals surface area contributed by atoms with Crippen molar-refractivity contribution in [3.05, 3.63) is 29.3 Å². The highest BCUT2D eigenvalue weighted by Gasteiger charge is 2.06. The minimum absolute atomic E-state index is 0.385. The molecule has 0 fully saturated rings. The fourth-order valence-electron chi connectivity index (χ4n) is 1.92. The first-order chi connectivity index (χ1) is 9.62. The molecule has 7 heteroatoms. The summed E-state index contributed by atoms with van der Waals surface area (Å²) in [6, 6.07) is 1.87. The highest BCUT2D eigenvalue weighted by Crippen LogP contribution is 2.13. The minimum atomic E-state index is 0.385. The monoisotopic (exact) mass is 276 g/mol. The molecule has 0 aliphatic carbocycles. The zero-order valence-electron chi connectivity index (χ0n) is 12.3. The standard InChI is InChI=1S/C13H20N6O/c1-9-10(7-19(3)18-9)6-15-12-5-11(14-2)16-13(17-12)8-20-4/h5,7H,6,8H2,1-4H3,(H2,14,15,16,17). The van der Waals surface area contributed by atoms with E-state index in [0.29, 0.717) is 19.0 Å². The van der Waals surface area contributed by atoms with Crippen molar-refractivity contribution in [3.63, 3.8) is 0 Å². The van der Waals surface area contributed by atoms with Gasteiger partial charge in [0.2, 0.25) is 0 Å². The lowest BCUT2D eigenvalue weighted by molar-refractivity contribution is 0.178. The lowest BCUT2D eigenvalue weighted by Gasteiger charge is -2.09. The Kier molecular flexibility index (Phi) is 4.52. The van der Waals surface area contributed by atoms with Gasteiger partial charge >= 0.3 is 0 Å². The van der Waals surface area contributed by atoms with Crippen molar-refractivity contribution in [2.75, 3.05) is 24.8 Å². The predicted octanol–water partition coefficient (Wildman–Crippen LogP) is 1.32. The van der Waals surface area contributed by atoms with Gasteiger partial charge in [0, 0.05) is 45.6 Å². The molecule has 0 radical (unpaired) electrons. The van der Waals surface area contributed by atoms with Crippen LogP contribution in [0.15, 0.2) is 12.3 Å². The van der Waals surface area contributed by atoms with Crippen molar-refractivity contribution in [1.82, 2.24) is 19.7 Å². The summed E-state index contributed by atoms with van der Waals surface area (Å²) in [4.78, 5) is 8.72. The van der Waals surface area contributed by atoms with Crippen LogP contribution in [0.1, 0.15) is 17.1 Å². The number of hydrogen-bond acceptors (Lipinski definition) is 6. The topological polar surface area (TPSA) is 76.9 Å². The first-order valence-electron chi connectivity index (χ1n) is 6.40. The van der Waals surface area contributed by atoms with Gasteiger partial charge in [-0.3, -0.25) is 4.68 Å². The smallest absolute Gasteiger partial charge is 0.158 e. The number of hydrogen-bond donors (Lipinski definition) is 2. The Balaban J connectivity index is 2.12. The van der Waals surface area contributed by atoms with Crippen molar-refractivity contribution in [1.29, 1.82) is 0 Å². The number of ether oxygens (including phenoxy) is 1. The predicted molar refractivity (Wildman–Crippen MR) is 77.6 cm³/mol. The SMILES string of the molecule is CNc1cc(NCc2cn(C)nc2C)nc(COC)n1. The highest BCUT2D eigenvalue weighted by molar-refractivity contribution is 5.47. The molecule has 2 aromatic heterocycles. The van der Waals surface area contributed by atoms with E-state index >= 15 is 0 Å². The number of aryl methyl sites for hydroxylation is 2. The van der Waals surface area contributed by atoms with Gasteiger partial charge in [-0.15, -0.1) is 0 Å². The Morgan fingerprint density at radius 2 is 2.05 bits per heavy atom. The van der Waals surface area contributed by atoms with Crippen molar-refractivity contribution in [2.45, 2.75) is 20.1 Å². The molecule has 2 heterocycles. The van der Waals surface area contributed by atoms with Crippen LogP contribution in [-0.4, -0.2) is 33.9 Å². The molecule has 0 amide bonds. The van der Waals surface area contributed by atoms with E-state index in [1.54, 1.807) is 7.11 Å². The number of rotatable bonds is 6. The number of nitrogens with one attached hydrogen (secondary N) is 2. The molecule has 0 bridgehead atoms. The lowest BCUT2D eigenvalue weighted by atomic mass is 10.2. The molecule has 2 rings (SSSR count). The molecule has 0 aliphatic heterocycles. The van der Waals surface area contributed by atoms with Gasteiger partial charge in [-0.05, 0) is 6.92 Å². The third kappa shape index (κ3) is 3.45. The van der Waals surface area contributed by atoms with Gasteiger partial charge in [0.15, 0.2) is 5.82 Å². The van der Waals surface area contributed by atoms with Crippen molar-refractivity contribution in [3.8, 4) is 0 Å². The van der Waals surface area contributed by atoms with Crippen LogP contribution < -0.4 is 10.6 Å². The van der Waals surface area contributed by atoms with E-state index in [4.69, 9.17) is 4.74 Å². The Morgan fingerprint density at radius 3 is 2.65 bits per heavy atom. The lowest BCUT2D eigenvalue weighted by Crippen LogP contribution is -2.07. The molecule has 0 atom stereocenters. The largest absolute Gasteiger partial charge is 0.377 e. The quantitative estimate of drug-likeness (QED) is 0.828. The van der Waals surface area contributed by atoms with E-state index in [1.807, 2.05) is 38.0 Å². The second-order valence-corrected chi connectivity index (χ2v) is 4.50.